The highest BCUT2D eigenvalue weighted by molar-refractivity contribution is 6.30. The lowest BCUT2D eigenvalue weighted by Crippen LogP contribution is -2.42. The molecule has 22 heavy (non-hydrogen) atoms. The first-order valence-corrected chi connectivity index (χ1v) is 8.50. The number of piperidine rings is 1. The van der Waals surface area contributed by atoms with Crippen LogP contribution >= 0.6 is 11.6 Å². The van der Waals surface area contributed by atoms with E-state index in [0.29, 0.717) is 6.54 Å². The molecule has 120 valence electrons. The second-order valence-electron chi connectivity index (χ2n) is 6.12. The number of halogens is 1. The van der Waals surface area contributed by atoms with Gasteiger partial charge in [0.2, 0.25) is 5.91 Å². The van der Waals surface area contributed by atoms with Gasteiger partial charge in [-0.3, -0.25) is 4.79 Å². The number of hydrogen-bond donors (Lipinski definition) is 1. The molecule has 0 radical (unpaired) electrons. The summed E-state index contributed by atoms with van der Waals surface area (Å²) in [5.41, 5.74) is 1.14. The molecule has 0 spiro atoms. The van der Waals surface area contributed by atoms with Crippen molar-refractivity contribution in [3.8, 4) is 0 Å². The quantitative estimate of drug-likeness (QED) is 0.926. The van der Waals surface area contributed by atoms with Gasteiger partial charge >= 0.3 is 0 Å². The van der Waals surface area contributed by atoms with E-state index in [-0.39, 0.29) is 17.9 Å². The van der Waals surface area contributed by atoms with Crippen molar-refractivity contribution in [2.24, 2.45) is 5.92 Å². The standard InChI is InChI=1S/C17H23ClN2O2/c18-14-3-1-4-15(11-14)20-8-6-13(7-9-20)17(21)19-12-16-5-2-10-22-16/h1,3-4,11,13,16H,2,5-10,12H2,(H,19,21). The van der Waals surface area contributed by atoms with Crippen LogP contribution in [-0.2, 0) is 9.53 Å². The maximum absolute atomic E-state index is 12.2. The zero-order valence-electron chi connectivity index (χ0n) is 12.8. The fourth-order valence-corrected chi connectivity index (χ4v) is 3.42. The zero-order chi connectivity index (χ0) is 15.4. The summed E-state index contributed by atoms with van der Waals surface area (Å²) in [7, 11) is 0. The molecule has 0 aromatic heterocycles. The highest BCUT2D eigenvalue weighted by Crippen LogP contribution is 2.25. The van der Waals surface area contributed by atoms with E-state index in [2.05, 4.69) is 16.3 Å². The Kier molecular flexibility index (Phi) is 5.21. The monoisotopic (exact) mass is 322 g/mol. The van der Waals surface area contributed by atoms with Crippen molar-refractivity contribution in [1.82, 2.24) is 5.32 Å². The minimum atomic E-state index is 0.122. The third-order valence-electron chi connectivity index (χ3n) is 4.57. The molecule has 2 heterocycles. The van der Waals surface area contributed by atoms with Gasteiger partial charge in [-0.2, -0.15) is 0 Å². The molecule has 2 fully saturated rings. The number of nitrogens with one attached hydrogen (secondary N) is 1. The number of rotatable bonds is 4. The minimum absolute atomic E-state index is 0.122. The largest absolute Gasteiger partial charge is 0.376 e. The topological polar surface area (TPSA) is 41.6 Å². The van der Waals surface area contributed by atoms with E-state index in [1.54, 1.807) is 0 Å². The summed E-state index contributed by atoms with van der Waals surface area (Å²) in [6.07, 6.45) is 4.18. The van der Waals surface area contributed by atoms with Crippen molar-refractivity contribution in [1.29, 1.82) is 0 Å². The number of anilines is 1. The van der Waals surface area contributed by atoms with Crippen LogP contribution in [0.2, 0.25) is 5.02 Å². The third-order valence-corrected chi connectivity index (χ3v) is 4.80. The van der Waals surface area contributed by atoms with Gasteiger partial charge in [-0.1, -0.05) is 17.7 Å². The molecule has 4 nitrogen and oxygen atoms in total. The van der Waals surface area contributed by atoms with Crippen molar-refractivity contribution in [3.63, 3.8) is 0 Å². The van der Waals surface area contributed by atoms with Crippen LogP contribution in [0.25, 0.3) is 0 Å². The second kappa shape index (κ2) is 7.34. The first-order valence-electron chi connectivity index (χ1n) is 8.12. The van der Waals surface area contributed by atoms with E-state index in [0.717, 1.165) is 56.1 Å². The molecule has 1 unspecified atom stereocenters. The number of benzene rings is 1. The van der Waals surface area contributed by atoms with E-state index in [1.807, 2.05) is 18.2 Å². The van der Waals surface area contributed by atoms with E-state index in [1.165, 1.54) is 0 Å². The van der Waals surface area contributed by atoms with E-state index in [9.17, 15) is 4.79 Å². The summed E-state index contributed by atoms with van der Waals surface area (Å²) in [4.78, 5) is 14.5. The van der Waals surface area contributed by atoms with Gasteiger partial charge in [0.15, 0.2) is 0 Å². The average Bonchev–Trinajstić information content (AvgIpc) is 3.06. The van der Waals surface area contributed by atoms with Crippen molar-refractivity contribution in [3.05, 3.63) is 29.3 Å². The zero-order valence-corrected chi connectivity index (χ0v) is 13.5. The Morgan fingerprint density at radius 1 is 1.32 bits per heavy atom. The summed E-state index contributed by atoms with van der Waals surface area (Å²) >= 11 is 6.04. The SMILES string of the molecule is O=C(NCC1CCCO1)C1CCN(c2cccc(Cl)c2)CC1. The van der Waals surface area contributed by atoms with Crippen LogP contribution in [0.5, 0.6) is 0 Å². The molecule has 1 atom stereocenters. The van der Waals surface area contributed by atoms with Crippen molar-refractivity contribution in [2.75, 3.05) is 31.1 Å². The highest BCUT2D eigenvalue weighted by atomic mass is 35.5. The van der Waals surface area contributed by atoms with Crippen LogP contribution in [-0.4, -0.2) is 38.3 Å². The smallest absolute Gasteiger partial charge is 0.223 e. The van der Waals surface area contributed by atoms with Crippen LogP contribution in [0.3, 0.4) is 0 Å². The van der Waals surface area contributed by atoms with Crippen molar-refractivity contribution >= 4 is 23.2 Å². The summed E-state index contributed by atoms with van der Waals surface area (Å²) in [6.45, 7) is 3.29. The summed E-state index contributed by atoms with van der Waals surface area (Å²) in [6, 6.07) is 7.91. The van der Waals surface area contributed by atoms with Crippen LogP contribution < -0.4 is 10.2 Å². The van der Waals surface area contributed by atoms with Gasteiger partial charge in [-0.25, -0.2) is 0 Å². The van der Waals surface area contributed by atoms with Crippen LogP contribution in [0.1, 0.15) is 25.7 Å². The van der Waals surface area contributed by atoms with Gasteiger partial charge in [-0.05, 0) is 43.9 Å². The summed E-state index contributed by atoms with van der Waals surface area (Å²) < 4.78 is 5.54. The van der Waals surface area contributed by atoms with E-state index < -0.39 is 0 Å². The molecule has 1 aromatic rings. The van der Waals surface area contributed by atoms with Gasteiger partial charge < -0.3 is 15.0 Å². The Morgan fingerprint density at radius 2 is 2.14 bits per heavy atom. The molecule has 2 aliphatic heterocycles. The molecule has 2 aliphatic rings. The van der Waals surface area contributed by atoms with Crippen molar-refractivity contribution < 1.29 is 9.53 Å². The first kappa shape index (κ1) is 15.6. The number of amides is 1. The maximum atomic E-state index is 12.2. The highest BCUT2D eigenvalue weighted by Gasteiger charge is 2.26. The predicted molar refractivity (Wildman–Crippen MR) is 88.4 cm³/mol. The number of nitrogens with zero attached hydrogens (tertiary/aromatic N) is 1. The number of ether oxygens (including phenoxy) is 1. The third kappa shape index (κ3) is 3.93. The Labute approximate surface area is 136 Å². The Bertz CT molecular complexity index is 509. The molecular formula is C17H23ClN2O2. The fraction of sp³-hybridized carbons (Fsp3) is 0.588. The minimum Gasteiger partial charge on any atom is -0.376 e. The van der Waals surface area contributed by atoms with Gasteiger partial charge in [0.1, 0.15) is 0 Å². The number of hydrogen-bond acceptors (Lipinski definition) is 3. The molecule has 5 heteroatoms. The molecule has 0 aliphatic carbocycles. The number of carbonyl (C=O) groups is 1. The van der Waals surface area contributed by atoms with Gasteiger partial charge in [-0.15, -0.1) is 0 Å². The lowest BCUT2D eigenvalue weighted by atomic mass is 9.95. The molecule has 1 amide bonds. The van der Waals surface area contributed by atoms with Gasteiger partial charge in [0, 0.05) is 42.9 Å². The Morgan fingerprint density at radius 3 is 2.82 bits per heavy atom. The van der Waals surface area contributed by atoms with Gasteiger partial charge in [0.05, 0.1) is 6.10 Å². The lowest BCUT2D eigenvalue weighted by molar-refractivity contribution is -0.126. The molecule has 2 saturated heterocycles. The summed E-state index contributed by atoms with van der Waals surface area (Å²) in [5.74, 6) is 0.304. The lowest BCUT2D eigenvalue weighted by Gasteiger charge is -2.33. The molecule has 3 rings (SSSR count). The molecule has 0 bridgehead atoms. The van der Waals surface area contributed by atoms with E-state index in [4.69, 9.17) is 16.3 Å². The molecule has 1 N–H and O–H groups in total. The second-order valence-corrected chi connectivity index (χ2v) is 6.56. The van der Waals surface area contributed by atoms with Crippen LogP contribution in [0.15, 0.2) is 24.3 Å². The Balaban J connectivity index is 1.45. The van der Waals surface area contributed by atoms with Gasteiger partial charge in [0.25, 0.3) is 0 Å². The fourth-order valence-electron chi connectivity index (χ4n) is 3.24. The first-order chi connectivity index (χ1) is 10.7. The van der Waals surface area contributed by atoms with Crippen LogP contribution in [0.4, 0.5) is 5.69 Å². The molecular weight excluding hydrogens is 300 g/mol. The summed E-state index contributed by atoms with van der Waals surface area (Å²) in [5, 5.41) is 3.81. The maximum Gasteiger partial charge on any atom is 0.223 e. The Hall–Kier alpha value is -1.26. The molecule has 1 aromatic carbocycles. The van der Waals surface area contributed by atoms with E-state index >= 15 is 0 Å². The molecule has 0 saturated carbocycles. The van der Waals surface area contributed by atoms with Crippen molar-refractivity contribution in [2.45, 2.75) is 31.8 Å². The number of carbonyl (C=O) groups excluding carboxylic acids is 1. The normalized spacial score (nSPS) is 22.8. The van der Waals surface area contributed by atoms with Crippen LogP contribution in [0, 0.1) is 5.92 Å². The predicted octanol–water partition coefficient (Wildman–Crippen LogP) is 2.85. The average molecular weight is 323 g/mol.